The zero-order valence-corrected chi connectivity index (χ0v) is 13.0. The summed E-state index contributed by atoms with van der Waals surface area (Å²) in [6.45, 7) is 4.08. The van der Waals surface area contributed by atoms with E-state index >= 15 is 0 Å². The van der Waals surface area contributed by atoms with E-state index < -0.39 is 0 Å². The molecule has 2 rings (SSSR count). The summed E-state index contributed by atoms with van der Waals surface area (Å²) in [7, 11) is 0. The van der Waals surface area contributed by atoms with Crippen molar-refractivity contribution >= 4 is 17.7 Å². The van der Waals surface area contributed by atoms with Gasteiger partial charge in [0, 0.05) is 18.2 Å². The number of hydrogen-bond acceptors (Lipinski definition) is 5. The number of thioether (sulfide) groups is 1. The molecule has 1 aromatic rings. The van der Waals surface area contributed by atoms with E-state index in [1.54, 1.807) is 4.68 Å². The average Bonchev–Trinajstić information content (AvgIpc) is 2.88. The number of rotatable bonds is 6. The second-order valence-corrected chi connectivity index (χ2v) is 6.56. The molecule has 6 nitrogen and oxygen atoms in total. The van der Waals surface area contributed by atoms with Crippen molar-refractivity contribution in [3.8, 4) is 0 Å². The van der Waals surface area contributed by atoms with Crippen LogP contribution >= 0.6 is 11.8 Å². The van der Waals surface area contributed by atoms with E-state index in [0.717, 1.165) is 18.0 Å². The maximum Gasteiger partial charge on any atom is 0.221 e. The monoisotopic (exact) mass is 297 g/mol. The molecule has 0 atom stereocenters. The van der Waals surface area contributed by atoms with Crippen molar-refractivity contribution in [2.24, 2.45) is 0 Å². The molecule has 20 heavy (non-hydrogen) atoms. The minimum atomic E-state index is 0.146. The normalized spacial score (nSPS) is 16.6. The molecular weight excluding hydrogens is 274 g/mol. The van der Waals surface area contributed by atoms with Gasteiger partial charge in [0.25, 0.3) is 0 Å². The Kier molecular flexibility index (Phi) is 5.82. The molecule has 1 aromatic heterocycles. The Bertz CT molecular complexity index is 428. The molecule has 1 aliphatic carbocycles. The largest absolute Gasteiger partial charge is 0.353 e. The van der Waals surface area contributed by atoms with E-state index in [1.165, 1.54) is 31.0 Å². The third-order valence-electron chi connectivity index (χ3n) is 3.48. The number of carbonyl (C=O) groups is 1. The number of hydrogen-bond donors (Lipinski definition) is 1. The van der Waals surface area contributed by atoms with E-state index in [9.17, 15) is 4.79 Å². The molecule has 1 heterocycles. The van der Waals surface area contributed by atoms with Crippen LogP contribution in [0.2, 0.25) is 0 Å². The van der Waals surface area contributed by atoms with Crippen LogP contribution in [0.3, 0.4) is 0 Å². The van der Waals surface area contributed by atoms with E-state index in [-0.39, 0.29) is 11.9 Å². The van der Waals surface area contributed by atoms with Gasteiger partial charge < -0.3 is 5.32 Å². The molecule has 1 fully saturated rings. The van der Waals surface area contributed by atoms with Crippen LogP contribution in [0, 0.1) is 0 Å². The predicted octanol–water partition coefficient (Wildman–Crippen LogP) is 2.19. The smallest absolute Gasteiger partial charge is 0.221 e. The lowest BCUT2D eigenvalue weighted by molar-refractivity contribution is -0.121. The van der Waals surface area contributed by atoms with Crippen molar-refractivity contribution < 1.29 is 4.79 Å². The zero-order chi connectivity index (χ0) is 14.4. The van der Waals surface area contributed by atoms with Gasteiger partial charge in [0.15, 0.2) is 0 Å². The van der Waals surface area contributed by atoms with Crippen LogP contribution in [0.5, 0.6) is 0 Å². The van der Waals surface area contributed by atoms with Gasteiger partial charge in [-0.05, 0) is 37.1 Å². The summed E-state index contributed by atoms with van der Waals surface area (Å²) in [6.07, 6.45) is 6.56. The molecule has 1 N–H and O–H groups in total. The van der Waals surface area contributed by atoms with E-state index in [4.69, 9.17) is 0 Å². The van der Waals surface area contributed by atoms with Gasteiger partial charge in [-0.1, -0.05) is 31.0 Å². The van der Waals surface area contributed by atoms with Gasteiger partial charge in [-0.25, -0.2) is 4.68 Å². The number of amides is 1. The topological polar surface area (TPSA) is 72.7 Å². The first kappa shape index (κ1) is 15.3. The number of tetrazole rings is 1. The number of aromatic nitrogens is 4. The second kappa shape index (κ2) is 7.61. The number of nitrogens with one attached hydrogen (secondary N) is 1. The summed E-state index contributed by atoms with van der Waals surface area (Å²) in [5.41, 5.74) is 0. The van der Waals surface area contributed by atoms with Crippen LogP contribution in [0.4, 0.5) is 0 Å². The molecule has 0 bridgehead atoms. The fraction of sp³-hybridized carbons (Fsp3) is 0.846. The minimum Gasteiger partial charge on any atom is -0.353 e. The van der Waals surface area contributed by atoms with Crippen molar-refractivity contribution in [2.75, 3.05) is 5.75 Å². The van der Waals surface area contributed by atoms with Gasteiger partial charge in [-0.3, -0.25) is 4.79 Å². The maximum absolute atomic E-state index is 11.9. The minimum absolute atomic E-state index is 0.146. The summed E-state index contributed by atoms with van der Waals surface area (Å²) in [5, 5.41) is 15.5. The van der Waals surface area contributed by atoms with E-state index in [2.05, 4.69) is 20.8 Å². The van der Waals surface area contributed by atoms with Crippen molar-refractivity contribution in [3.63, 3.8) is 0 Å². The highest BCUT2D eigenvalue weighted by atomic mass is 32.2. The highest BCUT2D eigenvalue weighted by Gasteiger charge is 2.16. The quantitative estimate of drug-likeness (QED) is 0.815. The Hall–Kier alpha value is -1.11. The molecule has 0 unspecified atom stereocenters. The highest BCUT2D eigenvalue weighted by Crippen LogP contribution is 2.19. The van der Waals surface area contributed by atoms with Gasteiger partial charge in [-0.15, -0.1) is 5.10 Å². The molecule has 0 saturated heterocycles. The molecule has 1 aliphatic rings. The van der Waals surface area contributed by atoms with Crippen molar-refractivity contribution in [3.05, 3.63) is 0 Å². The summed E-state index contributed by atoms with van der Waals surface area (Å²) < 4.78 is 1.78. The average molecular weight is 297 g/mol. The van der Waals surface area contributed by atoms with Gasteiger partial charge >= 0.3 is 0 Å². The summed E-state index contributed by atoms with van der Waals surface area (Å²) in [6, 6.07) is 0.630. The fourth-order valence-electron chi connectivity index (χ4n) is 2.39. The molecular formula is C13H23N5OS. The van der Waals surface area contributed by atoms with Gasteiger partial charge in [0.1, 0.15) is 0 Å². The Morgan fingerprint density at radius 3 is 2.85 bits per heavy atom. The summed E-state index contributed by atoms with van der Waals surface area (Å²) in [5.74, 6) is 0.860. The first-order valence-electron chi connectivity index (χ1n) is 7.37. The lowest BCUT2D eigenvalue weighted by Crippen LogP contribution is -2.36. The van der Waals surface area contributed by atoms with Crippen LogP contribution in [-0.4, -0.2) is 37.9 Å². The molecule has 1 amide bonds. The lowest BCUT2D eigenvalue weighted by Gasteiger charge is -2.22. The molecule has 112 valence electrons. The van der Waals surface area contributed by atoms with Crippen molar-refractivity contribution in [1.29, 1.82) is 0 Å². The van der Waals surface area contributed by atoms with Gasteiger partial charge in [0.2, 0.25) is 11.1 Å². The first-order valence-corrected chi connectivity index (χ1v) is 8.35. The van der Waals surface area contributed by atoms with Crippen LogP contribution in [0.25, 0.3) is 0 Å². The van der Waals surface area contributed by atoms with E-state index in [1.807, 2.05) is 13.8 Å². The Morgan fingerprint density at radius 1 is 1.40 bits per heavy atom. The third kappa shape index (κ3) is 4.47. The van der Waals surface area contributed by atoms with Crippen molar-refractivity contribution in [2.45, 2.75) is 69.6 Å². The summed E-state index contributed by atoms with van der Waals surface area (Å²) >= 11 is 1.54. The van der Waals surface area contributed by atoms with Crippen LogP contribution in [-0.2, 0) is 4.79 Å². The lowest BCUT2D eigenvalue weighted by atomic mass is 9.95. The standard InChI is InChI=1S/C13H23N5OS/c1-10(2)18-13(15-16-17-18)20-9-8-12(19)14-11-6-4-3-5-7-11/h10-11H,3-9H2,1-2H3,(H,14,19). The molecule has 0 aliphatic heterocycles. The van der Waals surface area contributed by atoms with Crippen LogP contribution in [0.1, 0.15) is 58.4 Å². The molecule has 7 heteroatoms. The van der Waals surface area contributed by atoms with E-state index in [0.29, 0.717) is 18.2 Å². The summed E-state index contributed by atoms with van der Waals surface area (Å²) in [4.78, 5) is 11.9. The SMILES string of the molecule is CC(C)n1nnnc1SCCC(=O)NC1CCCCC1. The van der Waals surface area contributed by atoms with Crippen LogP contribution in [0.15, 0.2) is 5.16 Å². The van der Waals surface area contributed by atoms with Gasteiger partial charge in [-0.2, -0.15) is 0 Å². The predicted molar refractivity (Wildman–Crippen MR) is 78.6 cm³/mol. The first-order chi connectivity index (χ1) is 9.66. The maximum atomic E-state index is 11.9. The number of nitrogens with zero attached hydrogens (tertiary/aromatic N) is 4. The molecule has 1 saturated carbocycles. The zero-order valence-electron chi connectivity index (χ0n) is 12.2. The van der Waals surface area contributed by atoms with Crippen LogP contribution < -0.4 is 5.32 Å². The Morgan fingerprint density at radius 2 is 2.15 bits per heavy atom. The third-order valence-corrected chi connectivity index (χ3v) is 4.42. The highest BCUT2D eigenvalue weighted by molar-refractivity contribution is 7.99. The molecule has 0 spiro atoms. The second-order valence-electron chi connectivity index (χ2n) is 5.50. The van der Waals surface area contributed by atoms with Gasteiger partial charge in [0.05, 0.1) is 6.04 Å². The molecule has 0 radical (unpaired) electrons. The fourth-order valence-corrected chi connectivity index (χ4v) is 3.33. The molecule has 0 aromatic carbocycles. The number of carbonyl (C=O) groups excluding carboxylic acids is 1. The van der Waals surface area contributed by atoms with Crippen molar-refractivity contribution in [1.82, 2.24) is 25.5 Å². The Balaban J connectivity index is 1.69. The Labute approximate surface area is 124 Å².